The molecule has 0 saturated carbocycles. The summed E-state index contributed by atoms with van der Waals surface area (Å²) >= 11 is 0. The summed E-state index contributed by atoms with van der Waals surface area (Å²) in [6, 6.07) is 9.34. The Labute approximate surface area is 175 Å². The number of hydrogen-bond donors (Lipinski definition) is 3. The SMILES string of the molecule is CCOC(=O)Nc1ccc(-c2cc(C(=O)N(CC)c3cc(C(=O)NO)no3)no2)cc1. The van der Waals surface area contributed by atoms with Gasteiger partial charge in [-0.15, -0.1) is 0 Å². The van der Waals surface area contributed by atoms with Crippen LogP contribution in [0.5, 0.6) is 0 Å². The fourth-order valence-electron chi connectivity index (χ4n) is 2.61. The van der Waals surface area contributed by atoms with E-state index < -0.39 is 17.9 Å². The van der Waals surface area contributed by atoms with Crippen LogP contribution >= 0.6 is 0 Å². The largest absolute Gasteiger partial charge is 0.450 e. The van der Waals surface area contributed by atoms with E-state index in [0.29, 0.717) is 17.0 Å². The van der Waals surface area contributed by atoms with Gasteiger partial charge in [0.2, 0.25) is 5.88 Å². The molecule has 12 nitrogen and oxygen atoms in total. The van der Waals surface area contributed by atoms with Gasteiger partial charge < -0.3 is 13.8 Å². The zero-order valence-corrected chi connectivity index (χ0v) is 16.6. The van der Waals surface area contributed by atoms with Crippen LogP contribution < -0.4 is 15.7 Å². The fraction of sp³-hybridized carbons (Fsp3) is 0.211. The molecule has 0 radical (unpaired) electrons. The Hall–Kier alpha value is -4.19. The van der Waals surface area contributed by atoms with Gasteiger partial charge in [-0.2, -0.15) is 0 Å². The number of anilines is 2. The summed E-state index contributed by atoms with van der Waals surface area (Å²) in [5.74, 6) is -1.07. The molecule has 0 atom stereocenters. The first kappa shape index (κ1) is 21.5. The van der Waals surface area contributed by atoms with Crippen molar-refractivity contribution in [1.82, 2.24) is 15.8 Å². The van der Waals surface area contributed by atoms with Crippen LogP contribution in [0.3, 0.4) is 0 Å². The minimum Gasteiger partial charge on any atom is -0.450 e. The van der Waals surface area contributed by atoms with E-state index in [0.717, 1.165) is 0 Å². The summed E-state index contributed by atoms with van der Waals surface area (Å²) in [5, 5.41) is 18.5. The lowest BCUT2D eigenvalue weighted by Crippen LogP contribution is -2.30. The zero-order chi connectivity index (χ0) is 22.4. The molecule has 0 bridgehead atoms. The fourth-order valence-corrected chi connectivity index (χ4v) is 2.61. The van der Waals surface area contributed by atoms with E-state index in [-0.39, 0.29) is 30.4 Å². The number of hydroxylamine groups is 1. The Morgan fingerprint density at radius 1 is 1.06 bits per heavy atom. The monoisotopic (exact) mass is 429 g/mol. The molecule has 31 heavy (non-hydrogen) atoms. The summed E-state index contributed by atoms with van der Waals surface area (Å²) in [6.07, 6.45) is -0.561. The average Bonchev–Trinajstić information content (AvgIpc) is 3.45. The van der Waals surface area contributed by atoms with Gasteiger partial charge in [-0.3, -0.25) is 25.0 Å². The van der Waals surface area contributed by atoms with Crippen LogP contribution in [0.15, 0.2) is 45.4 Å². The molecule has 162 valence electrons. The van der Waals surface area contributed by atoms with Crippen molar-refractivity contribution >= 4 is 29.5 Å². The minimum atomic E-state index is -0.872. The Balaban J connectivity index is 1.74. The van der Waals surface area contributed by atoms with E-state index in [1.807, 2.05) is 0 Å². The van der Waals surface area contributed by atoms with Crippen LogP contribution in [0.4, 0.5) is 16.4 Å². The zero-order valence-electron chi connectivity index (χ0n) is 16.6. The Kier molecular flexibility index (Phi) is 6.62. The lowest BCUT2D eigenvalue weighted by atomic mass is 10.1. The molecule has 3 aromatic rings. The molecule has 2 heterocycles. The van der Waals surface area contributed by atoms with Gasteiger partial charge in [0.15, 0.2) is 17.1 Å². The highest BCUT2D eigenvalue weighted by Crippen LogP contribution is 2.24. The minimum absolute atomic E-state index is 0.00467. The first-order valence-electron chi connectivity index (χ1n) is 9.20. The van der Waals surface area contributed by atoms with E-state index in [9.17, 15) is 14.4 Å². The summed E-state index contributed by atoms with van der Waals surface area (Å²) in [7, 11) is 0. The number of rotatable bonds is 7. The molecule has 0 aliphatic heterocycles. The van der Waals surface area contributed by atoms with Crippen LogP contribution in [0.25, 0.3) is 11.3 Å². The van der Waals surface area contributed by atoms with E-state index in [1.54, 1.807) is 38.1 Å². The summed E-state index contributed by atoms with van der Waals surface area (Å²) < 4.78 is 15.1. The topological polar surface area (TPSA) is 160 Å². The van der Waals surface area contributed by atoms with Gasteiger partial charge in [0.25, 0.3) is 11.8 Å². The summed E-state index contributed by atoms with van der Waals surface area (Å²) in [6.45, 7) is 3.86. The number of nitrogens with one attached hydrogen (secondary N) is 2. The van der Waals surface area contributed by atoms with Crippen LogP contribution in [0, 0.1) is 0 Å². The number of ether oxygens (including phenoxy) is 1. The molecule has 3 N–H and O–H groups in total. The molecule has 0 unspecified atom stereocenters. The lowest BCUT2D eigenvalue weighted by Gasteiger charge is -2.14. The van der Waals surface area contributed by atoms with Crippen LogP contribution in [0.1, 0.15) is 34.8 Å². The smallest absolute Gasteiger partial charge is 0.411 e. The molecule has 2 aromatic heterocycles. The third-order valence-corrected chi connectivity index (χ3v) is 4.08. The molecule has 0 aliphatic rings. The third-order valence-electron chi connectivity index (χ3n) is 4.08. The van der Waals surface area contributed by atoms with Crippen molar-refractivity contribution in [2.75, 3.05) is 23.4 Å². The van der Waals surface area contributed by atoms with Crippen LogP contribution in [0.2, 0.25) is 0 Å². The molecule has 3 amide bonds. The van der Waals surface area contributed by atoms with Gasteiger partial charge >= 0.3 is 6.09 Å². The average molecular weight is 429 g/mol. The van der Waals surface area contributed by atoms with Crippen molar-refractivity contribution in [3.8, 4) is 11.3 Å². The van der Waals surface area contributed by atoms with Crippen molar-refractivity contribution in [3.63, 3.8) is 0 Å². The molecule has 0 fully saturated rings. The second-order valence-corrected chi connectivity index (χ2v) is 6.04. The molecular weight excluding hydrogens is 410 g/mol. The normalized spacial score (nSPS) is 10.4. The lowest BCUT2D eigenvalue weighted by molar-refractivity contribution is 0.0696. The number of carbonyl (C=O) groups excluding carboxylic acids is 3. The second kappa shape index (κ2) is 9.54. The van der Waals surface area contributed by atoms with Crippen LogP contribution in [-0.4, -0.2) is 46.6 Å². The number of nitrogens with zero attached hydrogens (tertiary/aromatic N) is 3. The number of benzene rings is 1. The molecule has 0 aliphatic carbocycles. The quantitative estimate of drug-likeness (QED) is 0.379. The van der Waals surface area contributed by atoms with Gasteiger partial charge in [-0.05, 0) is 38.1 Å². The van der Waals surface area contributed by atoms with Crippen molar-refractivity contribution in [1.29, 1.82) is 0 Å². The standard InChI is InChI=1S/C19H19N5O7/c1-3-24(16-10-13(22-31-16)17(25)21-28)18(26)14-9-15(30-23-14)11-5-7-12(8-6-11)20-19(27)29-4-2/h5-10,28H,3-4H2,1-2H3,(H,20,27)(H,21,25). The maximum atomic E-state index is 12.8. The Morgan fingerprint density at radius 3 is 2.42 bits per heavy atom. The summed E-state index contributed by atoms with van der Waals surface area (Å²) in [5.41, 5.74) is 2.41. The molecule has 3 rings (SSSR count). The third kappa shape index (κ3) is 4.87. The van der Waals surface area contributed by atoms with E-state index in [4.69, 9.17) is 19.0 Å². The van der Waals surface area contributed by atoms with Gasteiger partial charge in [-0.25, -0.2) is 10.3 Å². The van der Waals surface area contributed by atoms with E-state index in [1.165, 1.54) is 22.5 Å². The van der Waals surface area contributed by atoms with Gasteiger partial charge in [-0.1, -0.05) is 10.3 Å². The van der Waals surface area contributed by atoms with Gasteiger partial charge in [0, 0.05) is 29.9 Å². The molecular formula is C19H19N5O7. The highest BCUT2D eigenvalue weighted by atomic mass is 16.5. The number of hydrogen-bond acceptors (Lipinski definition) is 9. The van der Waals surface area contributed by atoms with Crippen LogP contribution in [-0.2, 0) is 4.74 Å². The number of amides is 3. The molecule has 12 heteroatoms. The Bertz CT molecular complexity index is 1070. The van der Waals surface area contributed by atoms with Gasteiger partial charge in [0.05, 0.1) is 6.61 Å². The predicted octanol–water partition coefficient (Wildman–Crippen LogP) is 2.68. The van der Waals surface area contributed by atoms with Gasteiger partial charge in [0.1, 0.15) is 0 Å². The first-order valence-corrected chi connectivity index (χ1v) is 9.20. The highest BCUT2D eigenvalue weighted by Gasteiger charge is 2.25. The Morgan fingerprint density at radius 2 is 1.77 bits per heavy atom. The van der Waals surface area contributed by atoms with E-state index in [2.05, 4.69) is 15.6 Å². The van der Waals surface area contributed by atoms with Crippen molar-refractivity contribution in [3.05, 3.63) is 47.8 Å². The van der Waals surface area contributed by atoms with Crippen molar-refractivity contribution < 1.29 is 33.4 Å². The maximum Gasteiger partial charge on any atom is 0.411 e. The number of aromatic nitrogens is 2. The summed E-state index contributed by atoms with van der Waals surface area (Å²) in [4.78, 5) is 36.9. The van der Waals surface area contributed by atoms with Crippen molar-refractivity contribution in [2.24, 2.45) is 0 Å². The van der Waals surface area contributed by atoms with Crippen molar-refractivity contribution in [2.45, 2.75) is 13.8 Å². The maximum absolute atomic E-state index is 12.8. The molecule has 0 saturated heterocycles. The predicted molar refractivity (Wildman–Crippen MR) is 106 cm³/mol. The molecule has 1 aromatic carbocycles. The van der Waals surface area contributed by atoms with E-state index >= 15 is 0 Å². The first-order chi connectivity index (χ1) is 15.0. The molecule has 0 spiro atoms. The highest BCUT2D eigenvalue weighted by molar-refractivity contribution is 6.05. The second-order valence-electron chi connectivity index (χ2n) is 6.04. The number of carbonyl (C=O) groups is 3.